The number of ether oxygens (including phenoxy) is 1. The number of para-hydroxylation sites is 2. The first-order valence-electron chi connectivity index (χ1n) is 9.93. The smallest absolute Gasteiger partial charge is 0.135 e. The number of benzene rings is 4. The summed E-state index contributed by atoms with van der Waals surface area (Å²) in [6.07, 6.45) is 1.09. The Bertz CT molecular complexity index is 1230. The molecule has 0 amide bonds. The second kappa shape index (κ2) is 5.84. The van der Waals surface area contributed by atoms with Gasteiger partial charge in [-0.1, -0.05) is 79.7 Å². The van der Waals surface area contributed by atoms with Gasteiger partial charge in [0.1, 0.15) is 11.5 Å². The van der Waals surface area contributed by atoms with E-state index in [4.69, 9.17) is 4.74 Å². The normalized spacial score (nSPS) is 17.1. The van der Waals surface area contributed by atoms with Crippen molar-refractivity contribution in [3.8, 4) is 11.5 Å². The van der Waals surface area contributed by atoms with Crippen molar-refractivity contribution in [2.24, 2.45) is 5.92 Å². The summed E-state index contributed by atoms with van der Waals surface area (Å²) < 4.78 is 6.24. The van der Waals surface area contributed by atoms with E-state index < -0.39 is 0 Å². The van der Waals surface area contributed by atoms with Crippen LogP contribution < -0.4 is 4.74 Å². The Labute approximate surface area is 164 Å². The predicted molar refractivity (Wildman–Crippen MR) is 116 cm³/mol. The highest BCUT2D eigenvalue weighted by atomic mass is 16.5. The van der Waals surface area contributed by atoms with Gasteiger partial charge in [-0.3, -0.25) is 0 Å². The van der Waals surface area contributed by atoms with Gasteiger partial charge in [0.05, 0.1) is 0 Å². The number of fused-ring (bicyclic) bond motifs is 5. The molecule has 0 N–H and O–H groups in total. The molecule has 4 aromatic carbocycles. The SMILES string of the molecule is CC1Cc2ccc3ccccc3c2C1=C1c2ccccc2Oc2ccccc21. The van der Waals surface area contributed by atoms with Crippen molar-refractivity contribution in [3.05, 3.63) is 107 Å². The zero-order chi connectivity index (χ0) is 18.7. The number of allylic oxidation sites excluding steroid dienone is 1. The minimum atomic E-state index is 0.468. The fraction of sp³-hybridized carbons (Fsp3) is 0.111. The maximum absolute atomic E-state index is 6.24. The fourth-order valence-corrected chi connectivity index (χ4v) is 4.93. The van der Waals surface area contributed by atoms with Gasteiger partial charge in [-0.25, -0.2) is 0 Å². The van der Waals surface area contributed by atoms with Gasteiger partial charge in [0.2, 0.25) is 0 Å². The molecule has 0 aromatic heterocycles. The molecule has 4 aromatic rings. The van der Waals surface area contributed by atoms with Crippen LogP contribution in [0.15, 0.2) is 84.9 Å². The zero-order valence-electron chi connectivity index (χ0n) is 15.8. The van der Waals surface area contributed by atoms with Crippen molar-refractivity contribution in [3.63, 3.8) is 0 Å². The summed E-state index contributed by atoms with van der Waals surface area (Å²) in [5, 5.41) is 2.66. The average Bonchev–Trinajstić information content (AvgIpc) is 3.08. The quantitative estimate of drug-likeness (QED) is 0.286. The van der Waals surface area contributed by atoms with E-state index in [1.807, 2.05) is 0 Å². The van der Waals surface area contributed by atoms with Crippen molar-refractivity contribution in [1.82, 2.24) is 0 Å². The average molecular weight is 360 g/mol. The van der Waals surface area contributed by atoms with E-state index in [9.17, 15) is 0 Å². The molecule has 28 heavy (non-hydrogen) atoms. The van der Waals surface area contributed by atoms with Crippen molar-refractivity contribution >= 4 is 21.9 Å². The Morgan fingerprint density at radius 2 is 1.36 bits per heavy atom. The van der Waals surface area contributed by atoms with Crippen LogP contribution in [0.2, 0.25) is 0 Å². The van der Waals surface area contributed by atoms with Crippen LogP contribution in [0, 0.1) is 5.92 Å². The van der Waals surface area contributed by atoms with Gasteiger partial charge in [0.15, 0.2) is 0 Å². The summed E-state index contributed by atoms with van der Waals surface area (Å²) in [5.41, 5.74) is 8.06. The summed E-state index contributed by atoms with van der Waals surface area (Å²) in [4.78, 5) is 0. The molecule has 0 spiro atoms. The Hall–Kier alpha value is -3.32. The Kier molecular flexibility index (Phi) is 3.28. The highest BCUT2D eigenvalue weighted by molar-refractivity contribution is 6.10. The first-order chi connectivity index (χ1) is 13.8. The molecule has 1 aliphatic carbocycles. The topological polar surface area (TPSA) is 9.23 Å². The van der Waals surface area contributed by atoms with Gasteiger partial charge in [-0.05, 0) is 51.9 Å². The lowest BCUT2D eigenvalue weighted by atomic mass is 9.84. The lowest BCUT2D eigenvalue weighted by Crippen LogP contribution is -2.06. The zero-order valence-corrected chi connectivity index (χ0v) is 15.8. The largest absolute Gasteiger partial charge is 0.456 e. The molecule has 6 rings (SSSR count). The maximum atomic E-state index is 6.24. The molecule has 1 heteroatoms. The number of hydrogen-bond donors (Lipinski definition) is 0. The highest BCUT2D eigenvalue weighted by Gasteiger charge is 2.32. The van der Waals surface area contributed by atoms with Gasteiger partial charge in [0.25, 0.3) is 0 Å². The Balaban J connectivity index is 1.77. The minimum Gasteiger partial charge on any atom is -0.456 e. The van der Waals surface area contributed by atoms with Gasteiger partial charge in [0, 0.05) is 16.7 Å². The molecule has 0 saturated heterocycles. The van der Waals surface area contributed by atoms with E-state index >= 15 is 0 Å². The van der Waals surface area contributed by atoms with Crippen LogP contribution in [0.25, 0.3) is 21.9 Å². The van der Waals surface area contributed by atoms with E-state index in [1.54, 1.807) is 0 Å². The summed E-state index contributed by atoms with van der Waals surface area (Å²) in [7, 11) is 0. The van der Waals surface area contributed by atoms with Gasteiger partial charge < -0.3 is 4.74 Å². The van der Waals surface area contributed by atoms with Crippen LogP contribution in [0.4, 0.5) is 0 Å². The summed E-state index contributed by atoms with van der Waals surface area (Å²) in [6, 6.07) is 30.2. The van der Waals surface area contributed by atoms with Crippen molar-refractivity contribution < 1.29 is 4.74 Å². The van der Waals surface area contributed by atoms with E-state index in [0.717, 1.165) is 17.9 Å². The maximum Gasteiger partial charge on any atom is 0.135 e. The molecule has 1 atom stereocenters. The first-order valence-corrected chi connectivity index (χ1v) is 9.93. The fourth-order valence-electron chi connectivity index (χ4n) is 4.93. The molecule has 0 bridgehead atoms. The van der Waals surface area contributed by atoms with Crippen LogP contribution >= 0.6 is 0 Å². The Morgan fingerprint density at radius 1 is 0.714 bits per heavy atom. The predicted octanol–water partition coefficient (Wildman–Crippen LogP) is 7.10. The third-order valence-electron chi connectivity index (χ3n) is 6.11. The molecule has 1 nitrogen and oxygen atoms in total. The molecule has 1 heterocycles. The van der Waals surface area contributed by atoms with Crippen LogP contribution in [0.3, 0.4) is 0 Å². The summed E-state index contributed by atoms with van der Waals surface area (Å²) in [6.45, 7) is 2.36. The minimum absolute atomic E-state index is 0.468. The molecule has 0 fully saturated rings. The second-order valence-electron chi connectivity index (χ2n) is 7.81. The van der Waals surface area contributed by atoms with E-state index in [1.165, 1.54) is 44.2 Å². The summed E-state index contributed by atoms with van der Waals surface area (Å²) in [5.74, 6) is 2.36. The summed E-state index contributed by atoms with van der Waals surface area (Å²) >= 11 is 0. The van der Waals surface area contributed by atoms with Crippen LogP contribution in [-0.2, 0) is 6.42 Å². The lowest BCUT2D eigenvalue weighted by Gasteiger charge is -2.26. The van der Waals surface area contributed by atoms with E-state index in [0.29, 0.717) is 5.92 Å². The highest BCUT2D eigenvalue weighted by Crippen LogP contribution is 2.52. The van der Waals surface area contributed by atoms with Gasteiger partial charge in [-0.15, -0.1) is 0 Å². The number of hydrogen-bond acceptors (Lipinski definition) is 1. The molecular weight excluding hydrogens is 340 g/mol. The standard InChI is InChI=1S/C27H20O/c1-17-16-19-15-14-18-8-2-3-9-20(18)26(19)25(17)27-21-10-4-6-12-23(21)28-24-13-7-5-11-22(24)27/h2-15,17H,16H2,1H3. The molecular formula is C27H20O. The molecule has 0 radical (unpaired) electrons. The van der Waals surface area contributed by atoms with Crippen LogP contribution in [0.1, 0.15) is 29.2 Å². The molecule has 0 saturated carbocycles. The lowest BCUT2D eigenvalue weighted by molar-refractivity contribution is 0.474. The second-order valence-corrected chi connectivity index (χ2v) is 7.81. The third-order valence-corrected chi connectivity index (χ3v) is 6.11. The van der Waals surface area contributed by atoms with Crippen molar-refractivity contribution in [1.29, 1.82) is 0 Å². The van der Waals surface area contributed by atoms with Crippen LogP contribution in [0.5, 0.6) is 11.5 Å². The molecule has 1 aliphatic heterocycles. The Morgan fingerprint density at radius 3 is 2.11 bits per heavy atom. The van der Waals surface area contributed by atoms with E-state index in [2.05, 4.69) is 91.9 Å². The monoisotopic (exact) mass is 360 g/mol. The number of rotatable bonds is 0. The molecule has 1 unspecified atom stereocenters. The van der Waals surface area contributed by atoms with Crippen LogP contribution in [-0.4, -0.2) is 0 Å². The van der Waals surface area contributed by atoms with Gasteiger partial charge >= 0.3 is 0 Å². The first kappa shape index (κ1) is 15.7. The van der Waals surface area contributed by atoms with Crippen molar-refractivity contribution in [2.45, 2.75) is 13.3 Å². The molecule has 134 valence electrons. The molecule has 2 aliphatic rings. The van der Waals surface area contributed by atoms with E-state index in [-0.39, 0.29) is 0 Å². The third kappa shape index (κ3) is 2.13. The van der Waals surface area contributed by atoms with Gasteiger partial charge in [-0.2, -0.15) is 0 Å². The van der Waals surface area contributed by atoms with Crippen molar-refractivity contribution in [2.75, 3.05) is 0 Å².